The van der Waals surface area contributed by atoms with Crippen LogP contribution in [0.25, 0.3) is 10.9 Å². The van der Waals surface area contributed by atoms with E-state index in [0.29, 0.717) is 0 Å². The second kappa shape index (κ2) is 4.15. The van der Waals surface area contributed by atoms with Crippen LogP contribution in [-0.4, -0.2) is 16.9 Å². The van der Waals surface area contributed by atoms with Crippen LogP contribution < -0.4 is 0 Å². The molecule has 0 aliphatic rings. The minimum Gasteiger partial charge on any atom is -0.374 e. The van der Waals surface area contributed by atoms with E-state index in [0.717, 1.165) is 17.6 Å². The molecule has 2 aromatic rings. The first-order valence-corrected chi connectivity index (χ1v) is 6.01. The van der Waals surface area contributed by atoms with E-state index in [1.807, 2.05) is 18.7 Å². The molecule has 0 bridgehead atoms. The number of rotatable bonds is 3. The molecule has 0 fully saturated rings. The Hall–Kier alpha value is -1.35. The Bertz CT molecular complexity index is 538. The number of hydrogen-bond donors (Lipinski definition) is 0. The number of hydrogen-bond acceptors (Lipinski definition) is 2. The lowest BCUT2D eigenvalue weighted by Gasteiger charge is -2.27. The van der Waals surface area contributed by atoms with Crippen molar-refractivity contribution in [1.29, 1.82) is 0 Å². The van der Waals surface area contributed by atoms with Gasteiger partial charge in [-0.1, -0.05) is 19.1 Å². The Morgan fingerprint density at radius 1 is 1.41 bits per heavy atom. The highest BCUT2D eigenvalue weighted by Crippen LogP contribution is 2.31. The molecule has 1 atom stereocenters. The number of nitrogens with zero attached hydrogens (tertiary/aromatic N) is 2. The van der Waals surface area contributed by atoms with Crippen LogP contribution in [0.3, 0.4) is 0 Å². The number of ether oxygens (including phenoxy) is 1. The van der Waals surface area contributed by atoms with E-state index >= 15 is 0 Å². The van der Waals surface area contributed by atoms with Crippen LogP contribution in [0.2, 0.25) is 0 Å². The van der Waals surface area contributed by atoms with Crippen LogP contribution in [0.4, 0.5) is 0 Å². The minimum atomic E-state index is -0.216. The molecule has 3 heteroatoms. The summed E-state index contributed by atoms with van der Waals surface area (Å²) in [5, 5.41) is 5.65. The van der Waals surface area contributed by atoms with Crippen molar-refractivity contribution in [2.24, 2.45) is 7.05 Å². The van der Waals surface area contributed by atoms with E-state index in [1.165, 1.54) is 10.9 Å². The van der Waals surface area contributed by atoms with E-state index in [4.69, 9.17) is 4.74 Å². The molecular weight excluding hydrogens is 212 g/mol. The lowest BCUT2D eigenvalue weighted by Crippen LogP contribution is -2.23. The van der Waals surface area contributed by atoms with Gasteiger partial charge in [0.25, 0.3) is 0 Å². The van der Waals surface area contributed by atoms with Crippen molar-refractivity contribution in [2.75, 3.05) is 7.11 Å². The van der Waals surface area contributed by atoms with Crippen molar-refractivity contribution < 1.29 is 4.74 Å². The van der Waals surface area contributed by atoms with Gasteiger partial charge in [0.1, 0.15) is 0 Å². The van der Waals surface area contributed by atoms with Gasteiger partial charge in [0.15, 0.2) is 0 Å². The maximum atomic E-state index is 5.64. The Morgan fingerprint density at radius 2 is 2.12 bits per heavy atom. The van der Waals surface area contributed by atoms with Gasteiger partial charge in [-0.3, -0.25) is 4.68 Å². The van der Waals surface area contributed by atoms with E-state index in [1.54, 1.807) is 7.11 Å². The zero-order valence-electron chi connectivity index (χ0n) is 11.2. The van der Waals surface area contributed by atoms with Crippen LogP contribution in [0.15, 0.2) is 18.2 Å². The molecule has 0 amide bonds. The van der Waals surface area contributed by atoms with Gasteiger partial charge in [-0.05, 0) is 31.9 Å². The van der Waals surface area contributed by atoms with Crippen molar-refractivity contribution in [2.45, 2.75) is 32.8 Å². The van der Waals surface area contributed by atoms with Gasteiger partial charge in [-0.25, -0.2) is 0 Å². The van der Waals surface area contributed by atoms with Crippen LogP contribution >= 0.6 is 0 Å². The molecule has 0 saturated heterocycles. The predicted octanol–water partition coefficient (Wildman–Crippen LogP) is 3.15. The average molecular weight is 232 g/mol. The molecule has 0 aliphatic carbocycles. The van der Waals surface area contributed by atoms with Crippen LogP contribution in [0.1, 0.15) is 31.5 Å². The van der Waals surface area contributed by atoms with Gasteiger partial charge in [-0.2, -0.15) is 5.10 Å². The molecule has 0 spiro atoms. The van der Waals surface area contributed by atoms with E-state index in [9.17, 15) is 0 Å². The topological polar surface area (TPSA) is 27.1 Å². The zero-order valence-corrected chi connectivity index (χ0v) is 11.2. The third kappa shape index (κ3) is 1.84. The molecule has 1 unspecified atom stereocenters. The highest BCUT2D eigenvalue weighted by atomic mass is 16.5. The largest absolute Gasteiger partial charge is 0.374 e. The van der Waals surface area contributed by atoms with Gasteiger partial charge in [0, 0.05) is 19.5 Å². The summed E-state index contributed by atoms with van der Waals surface area (Å²) in [6.45, 7) is 6.30. The average Bonchev–Trinajstić information content (AvgIpc) is 2.64. The second-order valence-corrected chi connectivity index (χ2v) is 4.73. The fourth-order valence-corrected chi connectivity index (χ4v) is 2.23. The molecule has 0 aliphatic heterocycles. The van der Waals surface area contributed by atoms with Crippen molar-refractivity contribution >= 4 is 10.9 Å². The van der Waals surface area contributed by atoms with E-state index < -0.39 is 0 Å². The molecule has 1 heterocycles. The van der Waals surface area contributed by atoms with Crippen LogP contribution in [0.5, 0.6) is 0 Å². The second-order valence-electron chi connectivity index (χ2n) is 4.73. The molecule has 17 heavy (non-hydrogen) atoms. The first kappa shape index (κ1) is 12.1. The maximum absolute atomic E-state index is 5.64. The van der Waals surface area contributed by atoms with E-state index in [-0.39, 0.29) is 5.60 Å². The third-order valence-corrected chi connectivity index (χ3v) is 3.77. The molecule has 1 aromatic carbocycles. The number of methoxy groups -OCH3 is 1. The molecule has 0 N–H and O–H groups in total. The highest BCUT2D eigenvalue weighted by molar-refractivity contribution is 5.82. The number of aryl methyl sites for hydroxylation is 2. The van der Waals surface area contributed by atoms with Gasteiger partial charge in [-0.15, -0.1) is 0 Å². The molecule has 0 radical (unpaired) electrons. The summed E-state index contributed by atoms with van der Waals surface area (Å²) in [5.41, 5.74) is 3.23. The molecule has 1 aromatic heterocycles. The number of aromatic nitrogens is 2. The smallest absolute Gasteiger partial charge is 0.0897 e. The van der Waals surface area contributed by atoms with Gasteiger partial charge >= 0.3 is 0 Å². The monoisotopic (exact) mass is 232 g/mol. The quantitative estimate of drug-likeness (QED) is 0.812. The van der Waals surface area contributed by atoms with E-state index in [2.05, 4.69) is 37.1 Å². The summed E-state index contributed by atoms with van der Waals surface area (Å²) >= 11 is 0. The summed E-state index contributed by atoms with van der Waals surface area (Å²) in [6.07, 6.45) is 0.950. The normalized spacial score (nSPS) is 15.1. The Kier molecular flexibility index (Phi) is 2.96. The molecule has 2 rings (SSSR count). The van der Waals surface area contributed by atoms with Gasteiger partial charge in [0.05, 0.1) is 16.8 Å². The summed E-state index contributed by atoms with van der Waals surface area (Å²) < 4.78 is 7.57. The number of fused-ring (bicyclic) bond motifs is 1. The first-order valence-electron chi connectivity index (χ1n) is 6.01. The fourth-order valence-electron chi connectivity index (χ4n) is 2.23. The van der Waals surface area contributed by atoms with Crippen LogP contribution in [0, 0.1) is 6.92 Å². The summed E-state index contributed by atoms with van der Waals surface area (Å²) in [4.78, 5) is 0. The molecular formula is C14H20N2O. The number of benzene rings is 1. The SMILES string of the molecule is CCC(C)(OC)c1ccc2c(C)nn(C)c2c1. The van der Waals surface area contributed by atoms with Gasteiger partial charge in [0.2, 0.25) is 0 Å². The lowest BCUT2D eigenvalue weighted by molar-refractivity contribution is -0.00130. The maximum Gasteiger partial charge on any atom is 0.0897 e. The van der Waals surface area contributed by atoms with Gasteiger partial charge < -0.3 is 4.74 Å². The third-order valence-electron chi connectivity index (χ3n) is 3.77. The van der Waals surface area contributed by atoms with Crippen molar-refractivity contribution in [3.8, 4) is 0 Å². The molecule has 3 nitrogen and oxygen atoms in total. The predicted molar refractivity (Wildman–Crippen MR) is 70.1 cm³/mol. The Labute approximate surface area is 102 Å². The Balaban J connectivity index is 2.62. The summed E-state index contributed by atoms with van der Waals surface area (Å²) in [7, 11) is 3.75. The highest BCUT2D eigenvalue weighted by Gasteiger charge is 2.24. The lowest BCUT2D eigenvalue weighted by atomic mass is 9.92. The summed E-state index contributed by atoms with van der Waals surface area (Å²) in [5.74, 6) is 0. The van der Waals surface area contributed by atoms with Crippen molar-refractivity contribution in [3.63, 3.8) is 0 Å². The fraction of sp³-hybridized carbons (Fsp3) is 0.500. The van der Waals surface area contributed by atoms with Crippen molar-refractivity contribution in [3.05, 3.63) is 29.5 Å². The van der Waals surface area contributed by atoms with Crippen LogP contribution in [-0.2, 0) is 17.4 Å². The standard InChI is InChI=1S/C14H20N2O/c1-6-14(3,17-5)11-7-8-12-10(2)15-16(4)13(12)9-11/h7-9H,6H2,1-5H3. The molecule has 92 valence electrons. The zero-order chi connectivity index (χ0) is 12.6. The molecule has 0 saturated carbocycles. The minimum absolute atomic E-state index is 0.216. The first-order chi connectivity index (χ1) is 8.01. The van der Waals surface area contributed by atoms with Crippen molar-refractivity contribution in [1.82, 2.24) is 9.78 Å². The summed E-state index contributed by atoms with van der Waals surface area (Å²) in [6, 6.07) is 6.46. The Morgan fingerprint density at radius 3 is 2.71 bits per heavy atom.